The van der Waals surface area contributed by atoms with Crippen LogP contribution in [0.4, 0.5) is 0 Å². The van der Waals surface area contributed by atoms with Crippen LogP contribution in [-0.4, -0.2) is 11.9 Å². The molecule has 4 rings (SSSR count). The van der Waals surface area contributed by atoms with Gasteiger partial charge in [-0.15, -0.1) is 12.8 Å². The zero-order chi connectivity index (χ0) is 21.9. The molecule has 0 aromatic rings. The highest BCUT2D eigenvalue weighted by Crippen LogP contribution is 2.67. The highest BCUT2D eigenvalue weighted by Gasteiger charge is 2.59. The van der Waals surface area contributed by atoms with Gasteiger partial charge in [-0.05, 0) is 118 Å². The van der Waals surface area contributed by atoms with Crippen molar-refractivity contribution in [1.29, 1.82) is 0 Å². The van der Waals surface area contributed by atoms with Crippen LogP contribution in [0.2, 0.25) is 0 Å². The quantitative estimate of drug-likeness (QED) is 0.484. The van der Waals surface area contributed by atoms with Crippen molar-refractivity contribution in [3.05, 3.63) is 0 Å². The predicted molar refractivity (Wildman–Crippen MR) is 127 cm³/mol. The van der Waals surface area contributed by atoms with Crippen molar-refractivity contribution in [3.63, 3.8) is 0 Å². The maximum atomic E-state index is 12.0. The Labute approximate surface area is 186 Å². The van der Waals surface area contributed by atoms with Crippen molar-refractivity contribution in [3.8, 4) is 12.8 Å². The Hall–Kier alpha value is -0.970. The molecule has 0 bridgehead atoms. The molecule has 4 aliphatic carbocycles. The Kier molecular flexibility index (Phi) is 7.63. The number of terminal acetylenes is 1. The van der Waals surface area contributed by atoms with Gasteiger partial charge < -0.3 is 5.32 Å². The van der Waals surface area contributed by atoms with E-state index in [4.69, 9.17) is 0 Å². The molecular weight excluding hydrogens is 366 g/mol. The van der Waals surface area contributed by atoms with Crippen LogP contribution in [0.3, 0.4) is 0 Å². The van der Waals surface area contributed by atoms with E-state index in [1.54, 1.807) is 0 Å². The standard InChI is InChI=1S/C26H45NO.C2H2/c1-18(2)27-24(28)10-7-9-20-12-14-22-21-13-11-19-8-5-6-16-25(19,3)23(21)15-17-26(20,22)4;1-2/h18-23H,5-17H2,1-4H3,(H,27,28);1-2H/t19?,20-,21?,22?,23?,25-,26+;/m0./s1. The van der Waals surface area contributed by atoms with Crippen LogP contribution in [0.15, 0.2) is 0 Å². The van der Waals surface area contributed by atoms with Gasteiger partial charge >= 0.3 is 0 Å². The first-order chi connectivity index (χ1) is 14.3. The lowest BCUT2D eigenvalue weighted by Crippen LogP contribution is -2.52. The lowest BCUT2D eigenvalue weighted by atomic mass is 9.45. The Balaban J connectivity index is 0.00000124. The van der Waals surface area contributed by atoms with Gasteiger partial charge in [0, 0.05) is 12.5 Å². The molecule has 0 spiro atoms. The van der Waals surface area contributed by atoms with Crippen LogP contribution in [0.5, 0.6) is 0 Å². The average Bonchev–Trinajstić information content (AvgIpc) is 3.05. The molecule has 1 amide bonds. The SMILES string of the molecule is C#C.CC(C)NC(=O)CCC[C@H]1CCC2C3CCC4CCCC[C@]4(C)C3CC[C@@]21C. The zero-order valence-corrected chi connectivity index (χ0v) is 20.2. The van der Waals surface area contributed by atoms with E-state index in [2.05, 4.69) is 45.9 Å². The molecular formula is C28H47NO. The van der Waals surface area contributed by atoms with E-state index in [9.17, 15) is 4.79 Å². The number of fused-ring (bicyclic) bond motifs is 5. The number of hydrogen-bond acceptors (Lipinski definition) is 1. The smallest absolute Gasteiger partial charge is 0.220 e. The summed E-state index contributed by atoms with van der Waals surface area (Å²) in [6.07, 6.45) is 26.0. The molecule has 4 saturated carbocycles. The van der Waals surface area contributed by atoms with Crippen LogP contribution in [0.1, 0.15) is 111 Å². The fourth-order valence-electron chi connectivity index (χ4n) is 8.78. The van der Waals surface area contributed by atoms with Crippen LogP contribution in [0, 0.1) is 53.3 Å². The minimum Gasteiger partial charge on any atom is -0.354 e. The summed E-state index contributed by atoms with van der Waals surface area (Å²) >= 11 is 0. The summed E-state index contributed by atoms with van der Waals surface area (Å²) in [5.41, 5.74) is 1.23. The number of rotatable bonds is 5. The van der Waals surface area contributed by atoms with E-state index in [0.717, 1.165) is 42.4 Å². The molecule has 0 radical (unpaired) electrons. The van der Waals surface area contributed by atoms with E-state index in [0.29, 0.717) is 10.8 Å². The van der Waals surface area contributed by atoms with Gasteiger partial charge in [-0.3, -0.25) is 4.79 Å². The second-order valence-electron chi connectivity index (χ2n) is 11.8. The lowest BCUT2D eigenvalue weighted by molar-refractivity contribution is -0.122. The van der Waals surface area contributed by atoms with Gasteiger partial charge in [0.25, 0.3) is 0 Å². The minimum absolute atomic E-state index is 0.252. The van der Waals surface area contributed by atoms with E-state index in [-0.39, 0.29) is 11.9 Å². The summed E-state index contributed by atoms with van der Waals surface area (Å²) in [4.78, 5) is 12.0. The largest absolute Gasteiger partial charge is 0.354 e. The normalized spacial score (nSPS) is 42.3. The van der Waals surface area contributed by atoms with Gasteiger partial charge in [-0.2, -0.15) is 0 Å². The Bertz CT molecular complexity index is 609. The van der Waals surface area contributed by atoms with Gasteiger partial charge in [0.2, 0.25) is 5.91 Å². The Morgan fingerprint density at radius 2 is 1.67 bits per heavy atom. The highest BCUT2D eigenvalue weighted by atomic mass is 16.1. The second-order valence-corrected chi connectivity index (χ2v) is 11.8. The highest BCUT2D eigenvalue weighted by molar-refractivity contribution is 5.76. The molecule has 0 saturated heterocycles. The third-order valence-corrected chi connectivity index (χ3v) is 10.2. The third-order valence-electron chi connectivity index (χ3n) is 10.2. The van der Waals surface area contributed by atoms with Gasteiger partial charge in [0.15, 0.2) is 0 Å². The molecule has 0 aromatic carbocycles. The molecule has 4 fully saturated rings. The summed E-state index contributed by atoms with van der Waals surface area (Å²) in [7, 11) is 0. The minimum atomic E-state index is 0.252. The summed E-state index contributed by atoms with van der Waals surface area (Å²) in [6.45, 7) is 9.45. The molecule has 2 nitrogen and oxygen atoms in total. The van der Waals surface area contributed by atoms with Crippen molar-refractivity contribution < 1.29 is 4.79 Å². The van der Waals surface area contributed by atoms with Crippen molar-refractivity contribution in [2.24, 2.45) is 40.4 Å². The summed E-state index contributed by atoms with van der Waals surface area (Å²) in [6, 6.07) is 0.271. The molecule has 4 aliphatic rings. The zero-order valence-electron chi connectivity index (χ0n) is 20.2. The fourth-order valence-corrected chi connectivity index (χ4v) is 8.78. The average molecular weight is 414 g/mol. The van der Waals surface area contributed by atoms with E-state index in [1.807, 2.05) is 0 Å². The molecule has 1 N–H and O–H groups in total. The van der Waals surface area contributed by atoms with Crippen molar-refractivity contribution in [2.75, 3.05) is 0 Å². The Morgan fingerprint density at radius 1 is 0.933 bits per heavy atom. The molecule has 2 heteroatoms. The van der Waals surface area contributed by atoms with Gasteiger partial charge in [0.1, 0.15) is 0 Å². The lowest BCUT2D eigenvalue weighted by Gasteiger charge is -2.60. The monoisotopic (exact) mass is 413 g/mol. The van der Waals surface area contributed by atoms with Gasteiger partial charge in [0.05, 0.1) is 0 Å². The van der Waals surface area contributed by atoms with E-state index >= 15 is 0 Å². The number of carbonyl (C=O) groups is 1. The number of hydrogen-bond donors (Lipinski definition) is 1. The van der Waals surface area contributed by atoms with Crippen LogP contribution >= 0.6 is 0 Å². The number of carbonyl (C=O) groups excluding carboxylic acids is 1. The molecule has 30 heavy (non-hydrogen) atoms. The molecule has 0 aliphatic heterocycles. The van der Waals surface area contributed by atoms with Crippen molar-refractivity contribution >= 4 is 5.91 Å². The molecule has 4 unspecified atom stereocenters. The molecule has 7 atom stereocenters. The topological polar surface area (TPSA) is 29.1 Å². The summed E-state index contributed by atoms with van der Waals surface area (Å²) in [5.74, 6) is 5.14. The predicted octanol–water partition coefficient (Wildman–Crippen LogP) is 6.98. The van der Waals surface area contributed by atoms with Crippen molar-refractivity contribution in [2.45, 2.75) is 117 Å². The van der Waals surface area contributed by atoms with E-state index < -0.39 is 0 Å². The maximum absolute atomic E-state index is 12.0. The first-order valence-electron chi connectivity index (χ1n) is 13.0. The van der Waals surface area contributed by atoms with Gasteiger partial charge in [-0.25, -0.2) is 0 Å². The molecule has 0 heterocycles. The van der Waals surface area contributed by atoms with Crippen LogP contribution in [0.25, 0.3) is 0 Å². The second kappa shape index (κ2) is 9.67. The maximum Gasteiger partial charge on any atom is 0.220 e. The van der Waals surface area contributed by atoms with Crippen molar-refractivity contribution in [1.82, 2.24) is 5.32 Å². The molecule has 170 valence electrons. The van der Waals surface area contributed by atoms with Gasteiger partial charge in [-0.1, -0.05) is 26.7 Å². The third kappa shape index (κ3) is 4.33. The number of nitrogens with one attached hydrogen (secondary N) is 1. The summed E-state index contributed by atoms with van der Waals surface area (Å²) < 4.78 is 0. The first kappa shape index (κ1) is 23.7. The van der Waals surface area contributed by atoms with Crippen LogP contribution in [-0.2, 0) is 4.79 Å². The first-order valence-corrected chi connectivity index (χ1v) is 13.0. The summed E-state index contributed by atoms with van der Waals surface area (Å²) in [5, 5.41) is 3.06. The fraction of sp³-hybridized carbons (Fsp3) is 0.893. The number of amides is 1. The molecule has 0 aromatic heterocycles. The van der Waals surface area contributed by atoms with Crippen LogP contribution < -0.4 is 5.32 Å². The van der Waals surface area contributed by atoms with E-state index in [1.165, 1.54) is 70.6 Å². The Morgan fingerprint density at radius 3 is 2.40 bits per heavy atom.